The van der Waals surface area contributed by atoms with Crippen molar-refractivity contribution in [2.75, 3.05) is 6.61 Å². The van der Waals surface area contributed by atoms with Crippen LogP contribution in [0.15, 0.2) is 18.2 Å². The van der Waals surface area contributed by atoms with E-state index in [4.69, 9.17) is 4.74 Å². The van der Waals surface area contributed by atoms with Gasteiger partial charge in [-0.1, -0.05) is 13.3 Å². The minimum absolute atomic E-state index is 0.0977. The van der Waals surface area contributed by atoms with Crippen molar-refractivity contribution in [2.24, 2.45) is 0 Å². The standard InChI is InChI=1S/C15H22FNO3/c1-4-5-10(2)17-15(19)9-20-14-7-6-12(16)8-13(14)11(3)18/h6-8,10-11,18H,4-5,9H2,1-3H3,(H,17,19)/t10?,11-/m1/s1. The normalized spacial score (nSPS) is 13.7. The van der Waals surface area contributed by atoms with E-state index in [9.17, 15) is 14.3 Å². The Morgan fingerprint density at radius 2 is 2.15 bits per heavy atom. The van der Waals surface area contributed by atoms with E-state index in [0.29, 0.717) is 11.3 Å². The third-order valence-corrected chi connectivity index (χ3v) is 2.91. The second-order valence-corrected chi connectivity index (χ2v) is 4.90. The van der Waals surface area contributed by atoms with Gasteiger partial charge in [-0.25, -0.2) is 4.39 Å². The summed E-state index contributed by atoms with van der Waals surface area (Å²) in [6, 6.07) is 3.96. The van der Waals surface area contributed by atoms with Gasteiger partial charge in [0.1, 0.15) is 11.6 Å². The Labute approximate surface area is 119 Å². The highest BCUT2D eigenvalue weighted by atomic mass is 19.1. The van der Waals surface area contributed by atoms with Crippen molar-refractivity contribution in [3.63, 3.8) is 0 Å². The van der Waals surface area contributed by atoms with Crippen molar-refractivity contribution >= 4 is 5.91 Å². The first kappa shape index (κ1) is 16.4. The topological polar surface area (TPSA) is 58.6 Å². The molecule has 1 aromatic rings. The summed E-state index contributed by atoms with van der Waals surface area (Å²) in [5.41, 5.74) is 0.333. The third-order valence-electron chi connectivity index (χ3n) is 2.91. The summed E-state index contributed by atoms with van der Waals surface area (Å²) >= 11 is 0. The van der Waals surface area contributed by atoms with Crippen LogP contribution in [0.4, 0.5) is 4.39 Å². The molecule has 5 heteroatoms. The molecular weight excluding hydrogens is 261 g/mol. The largest absolute Gasteiger partial charge is 0.483 e. The van der Waals surface area contributed by atoms with Gasteiger partial charge in [-0.3, -0.25) is 4.79 Å². The third kappa shape index (κ3) is 5.17. The van der Waals surface area contributed by atoms with Crippen LogP contribution < -0.4 is 10.1 Å². The monoisotopic (exact) mass is 283 g/mol. The van der Waals surface area contributed by atoms with Crippen LogP contribution in [0, 0.1) is 5.82 Å². The van der Waals surface area contributed by atoms with Crippen LogP contribution in [0.1, 0.15) is 45.3 Å². The number of aliphatic hydroxyl groups is 1. The average molecular weight is 283 g/mol. The Balaban J connectivity index is 2.59. The lowest BCUT2D eigenvalue weighted by molar-refractivity contribution is -0.123. The van der Waals surface area contributed by atoms with E-state index in [1.54, 1.807) is 0 Å². The van der Waals surface area contributed by atoms with Crippen molar-refractivity contribution in [1.82, 2.24) is 5.32 Å². The molecule has 20 heavy (non-hydrogen) atoms. The number of hydrogen-bond donors (Lipinski definition) is 2. The number of halogens is 1. The predicted molar refractivity (Wildman–Crippen MR) is 75.0 cm³/mol. The maximum Gasteiger partial charge on any atom is 0.258 e. The second-order valence-electron chi connectivity index (χ2n) is 4.90. The van der Waals surface area contributed by atoms with Crippen LogP contribution in [0.25, 0.3) is 0 Å². The summed E-state index contributed by atoms with van der Waals surface area (Å²) in [5, 5.41) is 12.4. The molecule has 2 atom stereocenters. The molecule has 2 N–H and O–H groups in total. The zero-order valence-electron chi connectivity index (χ0n) is 12.1. The van der Waals surface area contributed by atoms with Crippen LogP contribution in [-0.4, -0.2) is 23.7 Å². The van der Waals surface area contributed by atoms with E-state index in [2.05, 4.69) is 5.32 Å². The SMILES string of the molecule is CCCC(C)NC(=O)COc1ccc(F)cc1[C@@H](C)O. The van der Waals surface area contributed by atoms with E-state index >= 15 is 0 Å². The Bertz CT molecular complexity index is 449. The summed E-state index contributed by atoms with van der Waals surface area (Å²) in [6.07, 6.45) is 1.04. The Morgan fingerprint density at radius 1 is 1.45 bits per heavy atom. The first-order chi connectivity index (χ1) is 9.43. The predicted octanol–water partition coefficient (Wildman–Crippen LogP) is 2.56. The lowest BCUT2D eigenvalue weighted by atomic mass is 10.1. The molecule has 0 heterocycles. The van der Waals surface area contributed by atoms with Gasteiger partial charge < -0.3 is 15.2 Å². The molecule has 0 bridgehead atoms. The number of rotatable bonds is 7. The van der Waals surface area contributed by atoms with Gasteiger partial charge in [0, 0.05) is 11.6 Å². The highest BCUT2D eigenvalue weighted by Crippen LogP contribution is 2.25. The van der Waals surface area contributed by atoms with Crippen LogP contribution in [0.3, 0.4) is 0 Å². The lowest BCUT2D eigenvalue weighted by Crippen LogP contribution is -2.36. The molecule has 0 aliphatic heterocycles. The van der Waals surface area contributed by atoms with E-state index in [0.717, 1.165) is 12.8 Å². The highest BCUT2D eigenvalue weighted by molar-refractivity contribution is 5.77. The molecule has 0 aliphatic rings. The number of aliphatic hydroxyl groups excluding tert-OH is 1. The molecular formula is C15H22FNO3. The van der Waals surface area contributed by atoms with E-state index in [-0.39, 0.29) is 18.6 Å². The van der Waals surface area contributed by atoms with Gasteiger partial charge in [-0.2, -0.15) is 0 Å². The number of ether oxygens (including phenoxy) is 1. The first-order valence-electron chi connectivity index (χ1n) is 6.83. The lowest BCUT2D eigenvalue weighted by Gasteiger charge is -2.15. The summed E-state index contributed by atoms with van der Waals surface area (Å²) in [6.45, 7) is 5.34. The molecule has 4 nitrogen and oxygen atoms in total. The Hall–Kier alpha value is -1.62. The molecule has 1 amide bonds. The van der Waals surface area contributed by atoms with Crippen LogP contribution in [0.2, 0.25) is 0 Å². The minimum Gasteiger partial charge on any atom is -0.483 e. The molecule has 0 radical (unpaired) electrons. The van der Waals surface area contributed by atoms with E-state index in [1.165, 1.54) is 25.1 Å². The molecule has 0 aromatic heterocycles. The van der Waals surface area contributed by atoms with Gasteiger partial charge in [-0.05, 0) is 38.5 Å². The molecule has 0 aliphatic carbocycles. The van der Waals surface area contributed by atoms with Gasteiger partial charge in [0.25, 0.3) is 5.91 Å². The molecule has 112 valence electrons. The number of carbonyl (C=O) groups is 1. The fraction of sp³-hybridized carbons (Fsp3) is 0.533. The Kier molecular flexibility index (Phi) is 6.45. The van der Waals surface area contributed by atoms with Crippen molar-refractivity contribution in [1.29, 1.82) is 0 Å². The minimum atomic E-state index is -0.859. The fourth-order valence-electron chi connectivity index (χ4n) is 1.94. The van der Waals surface area contributed by atoms with Crippen molar-refractivity contribution in [3.05, 3.63) is 29.6 Å². The quantitative estimate of drug-likeness (QED) is 0.808. The zero-order valence-corrected chi connectivity index (χ0v) is 12.1. The Morgan fingerprint density at radius 3 is 2.75 bits per heavy atom. The summed E-state index contributed by atoms with van der Waals surface area (Å²) in [5.74, 6) is -0.360. The van der Waals surface area contributed by atoms with Crippen molar-refractivity contribution in [3.8, 4) is 5.75 Å². The molecule has 1 unspecified atom stereocenters. The highest BCUT2D eigenvalue weighted by Gasteiger charge is 2.13. The van der Waals surface area contributed by atoms with Gasteiger partial charge in [-0.15, -0.1) is 0 Å². The van der Waals surface area contributed by atoms with Gasteiger partial charge in [0.15, 0.2) is 6.61 Å². The summed E-state index contributed by atoms with van der Waals surface area (Å²) in [4.78, 5) is 11.7. The maximum atomic E-state index is 13.1. The van der Waals surface area contributed by atoms with Gasteiger partial charge >= 0.3 is 0 Å². The van der Waals surface area contributed by atoms with Crippen LogP contribution in [0.5, 0.6) is 5.75 Å². The average Bonchev–Trinajstić information content (AvgIpc) is 2.37. The van der Waals surface area contributed by atoms with Crippen molar-refractivity contribution in [2.45, 2.75) is 45.8 Å². The van der Waals surface area contributed by atoms with Gasteiger partial charge in [0.05, 0.1) is 6.10 Å². The smallest absolute Gasteiger partial charge is 0.258 e. The number of hydrogen-bond acceptors (Lipinski definition) is 3. The molecule has 1 rings (SSSR count). The molecule has 0 spiro atoms. The second kappa shape index (κ2) is 7.85. The summed E-state index contributed by atoms with van der Waals surface area (Å²) < 4.78 is 18.5. The molecule has 0 fully saturated rings. The van der Waals surface area contributed by atoms with Crippen molar-refractivity contribution < 1.29 is 19.0 Å². The molecule has 0 saturated carbocycles. The van der Waals surface area contributed by atoms with Crippen LogP contribution in [-0.2, 0) is 4.79 Å². The van der Waals surface area contributed by atoms with Crippen LogP contribution >= 0.6 is 0 Å². The van der Waals surface area contributed by atoms with E-state index < -0.39 is 11.9 Å². The summed E-state index contributed by atoms with van der Waals surface area (Å²) in [7, 11) is 0. The number of nitrogens with one attached hydrogen (secondary N) is 1. The van der Waals surface area contributed by atoms with E-state index in [1.807, 2.05) is 13.8 Å². The number of carbonyl (C=O) groups excluding carboxylic acids is 1. The number of benzene rings is 1. The fourth-order valence-corrected chi connectivity index (χ4v) is 1.94. The maximum absolute atomic E-state index is 13.1. The number of amides is 1. The van der Waals surface area contributed by atoms with Gasteiger partial charge in [0.2, 0.25) is 0 Å². The molecule has 1 aromatic carbocycles. The molecule has 0 saturated heterocycles. The zero-order chi connectivity index (χ0) is 15.1. The first-order valence-corrected chi connectivity index (χ1v) is 6.83.